The van der Waals surface area contributed by atoms with Crippen LogP contribution in [0.3, 0.4) is 0 Å². The van der Waals surface area contributed by atoms with Gasteiger partial charge in [-0.1, -0.05) is 6.08 Å². The second-order valence-electron chi connectivity index (χ2n) is 4.95. The molecule has 7 atom stereocenters. The number of aliphatic hydroxyl groups is 5. The number of nitriles is 1. The fourth-order valence-electron chi connectivity index (χ4n) is 2.28. The average Bonchev–Trinajstić information content (AvgIpc) is 2.81. The maximum absolute atomic E-state index is 9.82. The molecule has 0 aromatic heterocycles. The Morgan fingerprint density at radius 2 is 1.95 bits per heavy atom. The van der Waals surface area contributed by atoms with Crippen molar-refractivity contribution in [2.24, 2.45) is 0 Å². The van der Waals surface area contributed by atoms with Crippen LogP contribution in [-0.4, -0.2) is 74.6 Å². The van der Waals surface area contributed by atoms with Crippen LogP contribution >= 0.6 is 0 Å². The first-order valence-electron chi connectivity index (χ1n) is 6.19. The van der Waals surface area contributed by atoms with Gasteiger partial charge in [-0.2, -0.15) is 5.26 Å². The first-order chi connectivity index (χ1) is 9.42. The molecule has 0 bridgehead atoms. The van der Waals surface area contributed by atoms with E-state index in [2.05, 4.69) is 0 Å². The molecular weight excluding hydrogens is 270 g/mol. The second-order valence-corrected chi connectivity index (χ2v) is 4.95. The summed E-state index contributed by atoms with van der Waals surface area (Å²) in [6, 6.07) is 1.87. The van der Waals surface area contributed by atoms with Gasteiger partial charge in [-0.25, -0.2) is 0 Å². The summed E-state index contributed by atoms with van der Waals surface area (Å²) in [6.45, 7) is -0.581. The summed E-state index contributed by atoms with van der Waals surface area (Å²) in [5.41, 5.74) is -1.48. The Morgan fingerprint density at radius 3 is 2.45 bits per heavy atom. The lowest BCUT2D eigenvalue weighted by molar-refractivity contribution is -0.315. The zero-order valence-electron chi connectivity index (χ0n) is 10.5. The Bertz CT molecular complexity index is 421. The van der Waals surface area contributed by atoms with E-state index in [0.717, 1.165) is 0 Å². The first kappa shape index (κ1) is 15.3. The lowest BCUT2D eigenvalue weighted by Gasteiger charge is -2.41. The predicted molar refractivity (Wildman–Crippen MR) is 63.0 cm³/mol. The molecule has 1 aliphatic heterocycles. The van der Waals surface area contributed by atoms with Crippen molar-refractivity contribution in [2.45, 2.75) is 48.8 Å². The van der Waals surface area contributed by atoms with E-state index in [0.29, 0.717) is 0 Å². The number of rotatable bonds is 3. The monoisotopic (exact) mass is 287 g/mol. The van der Waals surface area contributed by atoms with Crippen molar-refractivity contribution < 1.29 is 35.0 Å². The van der Waals surface area contributed by atoms with Crippen molar-refractivity contribution >= 4 is 0 Å². The Kier molecular flexibility index (Phi) is 4.41. The van der Waals surface area contributed by atoms with E-state index in [1.54, 1.807) is 0 Å². The van der Waals surface area contributed by atoms with E-state index in [1.807, 2.05) is 6.07 Å². The minimum Gasteiger partial charge on any atom is -0.394 e. The number of ether oxygens (including phenoxy) is 2. The van der Waals surface area contributed by atoms with Crippen molar-refractivity contribution in [3.63, 3.8) is 0 Å². The van der Waals surface area contributed by atoms with E-state index < -0.39 is 49.0 Å². The number of aliphatic hydroxyl groups excluding tert-OH is 5. The fourth-order valence-corrected chi connectivity index (χ4v) is 2.28. The van der Waals surface area contributed by atoms with Crippen molar-refractivity contribution in [1.82, 2.24) is 0 Å². The van der Waals surface area contributed by atoms with Crippen molar-refractivity contribution in [2.75, 3.05) is 6.61 Å². The maximum Gasteiger partial charge on any atom is 0.189 e. The SMILES string of the molecule is N#C[C@]1(O[C@@H]2O[C@H](CO)[C@@H](O)[C@H](O)[C@H]2O)C=C[C@H](O)C1. The summed E-state index contributed by atoms with van der Waals surface area (Å²) < 4.78 is 10.5. The third-order valence-electron chi connectivity index (χ3n) is 3.46. The van der Waals surface area contributed by atoms with Crippen LogP contribution in [0.25, 0.3) is 0 Å². The van der Waals surface area contributed by atoms with E-state index >= 15 is 0 Å². The molecule has 0 saturated carbocycles. The third-order valence-corrected chi connectivity index (χ3v) is 3.46. The molecule has 0 radical (unpaired) electrons. The smallest absolute Gasteiger partial charge is 0.189 e. The quantitative estimate of drug-likeness (QED) is 0.355. The Balaban J connectivity index is 2.12. The van der Waals surface area contributed by atoms with Gasteiger partial charge in [0.15, 0.2) is 11.9 Å². The maximum atomic E-state index is 9.82. The standard InChI is InChI=1S/C12H17NO7/c13-5-12(2-1-6(15)3-12)20-11-10(18)9(17)8(16)7(4-14)19-11/h1-2,6-11,14-18H,3-4H2/t6-,7+,8+,9-,10+,11-,12-/m0/s1. The summed E-state index contributed by atoms with van der Waals surface area (Å²) in [7, 11) is 0. The van der Waals surface area contributed by atoms with Gasteiger partial charge in [-0.05, 0) is 6.08 Å². The molecule has 0 spiro atoms. The van der Waals surface area contributed by atoms with Gasteiger partial charge < -0.3 is 35.0 Å². The van der Waals surface area contributed by atoms with Gasteiger partial charge in [-0.15, -0.1) is 0 Å². The third kappa shape index (κ3) is 2.70. The zero-order chi connectivity index (χ0) is 14.9. The van der Waals surface area contributed by atoms with Crippen molar-refractivity contribution in [1.29, 1.82) is 5.26 Å². The van der Waals surface area contributed by atoms with E-state index in [-0.39, 0.29) is 6.42 Å². The second kappa shape index (κ2) is 5.75. The van der Waals surface area contributed by atoms with Crippen LogP contribution in [0.1, 0.15) is 6.42 Å². The molecule has 1 fully saturated rings. The van der Waals surface area contributed by atoms with E-state index in [4.69, 9.17) is 19.8 Å². The van der Waals surface area contributed by atoms with Gasteiger partial charge in [0.05, 0.1) is 12.7 Å². The minimum atomic E-state index is -1.58. The molecule has 20 heavy (non-hydrogen) atoms. The number of hydrogen-bond donors (Lipinski definition) is 5. The van der Waals surface area contributed by atoms with Crippen LogP contribution in [0.15, 0.2) is 12.2 Å². The van der Waals surface area contributed by atoms with E-state index in [9.17, 15) is 20.4 Å². The molecule has 1 heterocycles. The van der Waals surface area contributed by atoms with Crippen LogP contribution in [0.5, 0.6) is 0 Å². The largest absolute Gasteiger partial charge is 0.394 e. The highest BCUT2D eigenvalue weighted by molar-refractivity contribution is 5.24. The predicted octanol–water partition coefficient (Wildman–Crippen LogP) is -2.61. The lowest BCUT2D eigenvalue weighted by Crippen LogP contribution is -2.60. The Labute approximate surface area is 115 Å². The molecule has 2 rings (SSSR count). The van der Waals surface area contributed by atoms with Crippen molar-refractivity contribution in [3.8, 4) is 6.07 Å². The molecule has 2 aliphatic rings. The summed E-state index contributed by atoms with van der Waals surface area (Å²) >= 11 is 0. The molecule has 112 valence electrons. The molecule has 5 N–H and O–H groups in total. The lowest BCUT2D eigenvalue weighted by atomic mass is 9.98. The van der Waals surface area contributed by atoms with Crippen LogP contribution in [0.2, 0.25) is 0 Å². The summed E-state index contributed by atoms with van der Waals surface area (Å²) in [4.78, 5) is 0. The number of hydrogen-bond acceptors (Lipinski definition) is 8. The van der Waals surface area contributed by atoms with Crippen molar-refractivity contribution in [3.05, 3.63) is 12.2 Å². The molecule has 1 saturated heterocycles. The fraction of sp³-hybridized carbons (Fsp3) is 0.750. The van der Waals surface area contributed by atoms with Gasteiger partial charge in [0.25, 0.3) is 0 Å². The average molecular weight is 287 g/mol. The Hall–Kier alpha value is -1.05. The van der Waals surface area contributed by atoms with Crippen LogP contribution < -0.4 is 0 Å². The highest BCUT2D eigenvalue weighted by Crippen LogP contribution is 2.32. The summed E-state index contributed by atoms with van der Waals surface area (Å²) in [5, 5.41) is 56.7. The van der Waals surface area contributed by atoms with Gasteiger partial charge in [0.2, 0.25) is 0 Å². The first-order valence-corrected chi connectivity index (χ1v) is 6.19. The van der Waals surface area contributed by atoms with Crippen LogP contribution in [0.4, 0.5) is 0 Å². The summed E-state index contributed by atoms with van der Waals surface area (Å²) in [6.07, 6.45) is -5.30. The van der Waals surface area contributed by atoms with Crippen LogP contribution in [-0.2, 0) is 9.47 Å². The van der Waals surface area contributed by atoms with Gasteiger partial charge >= 0.3 is 0 Å². The highest BCUT2D eigenvalue weighted by Gasteiger charge is 2.48. The molecule has 1 aliphatic carbocycles. The molecule has 0 aromatic rings. The zero-order valence-corrected chi connectivity index (χ0v) is 10.5. The van der Waals surface area contributed by atoms with Gasteiger partial charge in [-0.3, -0.25) is 0 Å². The van der Waals surface area contributed by atoms with Crippen LogP contribution in [0, 0.1) is 11.3 Å². The highest BCUT2D eigenvalue weighted by atomic mass is 16.7. The molecule has 8 heteroatoms. The van der Waals surface area contributed by atoms with Gasteiger partial charge in [0, 0.05) is 6.42 Å². The molecule has 0 amide bonds. The molecule has 0 unspecified atom stereocenters. The molecular formula is C12H17NO7. The van der Waals surface area contributed by atoms with Gasteiger partial charge in [0.1, 0.15) is 30.5 Å². The minimum absolute atomic E-state index is 0.0292. The van der Waals surface area contributed by atoms with E-state index in [1.165, 1.54) is 12.2 Å². The topological polar surface area (TPSA) is 143 Å². The summed E-state index contributed by atoms with van der Waals surface area (Å²) in [5.74, 6) is 0. The molecule has 0 aromatic carbocycles. The molecule has 8 nitrogen and oxygen atoms in total. The normalized spacial score (nSPS) is 48.2. The number of nitrogens with zero attached hydrogens (tertiary/aromatic N) is 1. The Morgan fingerprint density at radius 1 is 1.25 bits per heavy atom.